The van der Waals surface area contributed by atoms with Crippen molar-refractivity contribution >= 4 is 17.3 Å². The van der Waals surface area contributed by atoms with E-state index in [1.54, 1.807) is 20.2 Å². The molecule has 0 saturated heterocycles. The molecule has 0 aliphatic heterocycles. The van der Waals surface area contributed by atoms with Gasteiger partial charge in [0.05, 0.1) is 4.92 Å². The van der Waals surface area contributed by atoms with E-state index in [-0.39, 0.29) is 11.6 Å². The van der Waals surface area contributed by atoms with Crippen molar-refractivity contribution < 1.29 is 9.72 Å². The predicted molar refractivity (Wildman–Crippen MR) is 81.6 cm³/mol. The van der Waals surface area contributed by atoms with Crippen molar-refractivity contribution in [3.8, 4) is 0 Å². The molecule has 1 aliphatic carbocycles. The van der Waals surface area contributed by atoms with Crippen LogP contribution in [0.4, 0.5) is 11.4 Å². The first-order chi connectivity index (χ1) is 9.99. The maximum absolute atomic E-state index is 11.9. The Labute approximate surface area is 124 Å². The molecule has 6 heteroatoms. The first-order valence-corrected chi connectivity index (χ1v) is 7.23. The van der Waals surface area contributed by atoms with E-state index in [0.717, 1.165) is 12.3 Å². The van der Waals surface area contributed by atoms with Crippen LogP contribution in [-0.2, 0) is 0 Å². The van der Waals surface area contributed by atoms with Crippen LogP contribution in [0.1, 0.15) is 36.0 Å². The van der Waals surface area contributed by atoms with Crippen LogP contribution in [-0.4, -0.2) is 36.4 Å². The largest absolute Gasteiger partial charge is 0.379 e. The van der Waals surface area contributed by atoms with Gasteiger partial charge in [-0.05, 0) is 24.5 Å². The van der Waals surface area contributed by atoms with E-state index in [4.69, 9.17) is 0 Å². The highest BCUT2D eigenvalue weighted by molar-refractivity contribution is 5.95. The first kappa shape index (κ1) is 15.3. The average molecular weight is 291 g/mol. The summed E-state index contributed by atoms with van der Waals surface area (Å²) >= 11 is 0. The van der Waals surface area contributed by atoms with Crippen LogP contribution >= 0.6 is 0 Å². The number of benzene rings is 1. The summed E-state index contributed by atoms with van der Waals surface area (Å²) in [6.07, 6.45) is 4.81. The molecule has 1 N–H and O–H groups in total. The van der Waals surface area contributed by atoms with Gasteiger partial charge >= 0.3 is 0 Å². The van der Waals surface area contributed by atoms with Crippen LogP contribution in [0, 0.1) is 16.0 Å². The lowest BCUT2D eigenvalue weighted by molar-refractivity contribution is -0.384. The van der Waals surface area contributed by atoms with Crippen molar-refractivity contribution in [1.29, 1.82) is 0 Å². The summed E-state index contributed by atoms with van der Waals surface area (Å²) in [6, 6.07) is 4.46. The molecule has 21 heavy (non-hydrogen) atoms. The summed E-state index contributed by atoms with van der Waals surface area (Å²) < 4.78 is 0. The smallest absolute Gasteiger partial charge is 0.292 e. The normalized spacial score (nSPS) is 14.4. The molecule has 1 amide bonds. The second kappa shape index (κ2) is 6.56. The molecule has 0 unspecified atom stereocenters. The minimum absolute atomic E-state index is 0.0129. The molecule has 1 aromatic rings. The number of rotatable bonds is 6. The third kappa shape index (κ3) is 3.71. The number of hydrogen-bond donors (Lipinski definition) is 1. The first-order valence-electron chi connectivity index (χ1n) is 7.23. The summed E-state index contributed by atoms with van der Waals surface area (Å²) in [5.41, 5.74) is 0.891. The highest BCUT2D eigenvalue weighted by Gasteiger charge is 2.19. The molecule has 0 spiro atoms. The Bertz CT molecular complexity index is 539. The lowest BCUT2D eigenvalue weighted by atomic mass is 9.83. The Kier molecular flexibility index (Phi) is 4.77. The molecule has 0 radical (unpaired) electrons. The lowest BCUT2D eigenvalue weighted by Crippen LogP contribution is -2.22. The Balaban J connectivity index is 2.11. The topological polar surface area (TPSA) is 75.5 Å². The van der Waals surface area contributed by atoms with E-state index >= 15 is 0 Å². The van der Waals surface area contributed by atoms with Crippen molar-refractivity contribution in [2.24, 2.45) is 5.92 Å². The molecule has 1 saturated carbocycles. The second-order valence-corrected chi connectivity index (χ2v) is 5.70. The number of carbonyl (C=O) groups excluding carboxylic acids is 1. The van der Waals surface area contributed by atoms with Crippen molar-refractivity contribution in [3.05, 3.63) is 33.9 Å². The Hall–Kier alpha value is -2.11. The molecule has 2 rings (SSSR count). The van der Waals surface area contributed by atoms with Crippen LogP contribution in [0.2, 0.25) is 0 Å². The SMILES string of the molecule is CN(C)C(=O)c1ccc([N+](=O)[O-])c(NCCC2CCC2)c1. The van der Waals surface area contributed by atoms with Crippen molar-refractivity contribution in [3.63, 3.8) is 0 Å². The zero-order valence-corrected chi connectivity index (χ0v) is 12.5. The van der Waals surface area contributed by atoms with E-state index < -0.39 is 4.92 Å². The van der Waals surface area contributed by atoms with Gasteiger partial charge < -0.3 is 10.2 Å². The summed E-state index contributed by atoms with van der Waals surface area (Å²) in [5, 5.41) is 14.2. The van der Waals surface area contributed by atoms with Gasteiger partial charge in [-0.1, -0.05) is 19.3 Å². The van der Waals surface area contributed by atoms with Gasteiger partial charge in [-0.3, -0.25) is 14.9 Å². The minimum atomic E-state index is -0.421. The summed E-state index contributed by atoms with van der Waals surface area (Å²) in [7, 11) is 3.32. The molecule has 0 atom stereocenters. The fraction of sp³-hybridized carbons (Fsp3) is 0.533. The molecule has 114 valence electrons. The Morgan fingerprint density at radius 3 is 2.67 bits per heavy atom. The highest BCUT2D eigenvalue weighted by Crippen LogP contribution is 2.30. The number of nitro benzene ring substituents is 1. The van der Waals surface area contributed by atoms with E-state index in [0.29, 0.717) is 17.8 Å². The third-order valence-corrected chi connectivity index (χ3v) is 3.94. The molecule has 0 bridgehead atoms. The quantitative estimate of drug-likeness (QED) is 0.646. The van der Waals surface area contributed by atoms with Crippen molar-refractivity contribution in [1.82, 2.24) is 4.90 Å². The predicted octanol–water partition coefficient (Wildman–Crippen LogP) is 2.90. The lowest BCUT2D eigenvalue weighted by Gasteiger charge is -2.25. The van der Waals surface area contributed by atoms with Gasteiger partial charge in [0.1, 0.15) is 5.69 Å². The molecular weight excluding hydrogens is 270 g/mol. The molecule has 1 aromatic carbocycles. The molecule has 6 nitrogen and oxygen atoms in total. The van der Waals surface area contributed by atoms with E-state index in [2.05, 4.69) is 5.32 Å². The summed E-state index contributed by atoms with van der Waals surface area (Å²) in [6.45, 7) is 0.700. The standard InChI is InChI=1S/C15H21N3O3/c1-17(2)15(19)12-6-7-14(18(20)21)13(10-12)16-9-8-11-4-3-5-11/h6-7,10-11,16H,3-5,8-9H2,1-2H3. The van der Waals surface area contributed by atoms with Gasteiger partial charge in [-0.25, -0.2) is 0 Å². The number of nitrogens with one attached hydrogen (secondary N) is 1. The van der Waals surface area contributed by atoms with E-state index in [9.17, 15) is 14.9 Å². The van der Waals surface area contributed by atoms with E-state index in [1.165, 1.54) is 36.3 Å². The van der Waals surface area contributed by atoms with Gasteiger partial charge in [0.15, 0.2) is 0 Å². The van der Waals surface area contributed by atoms with Gasteiger partial charge in [-0.2, -0.15) is 0 Å². The number of carbonyl (C=O) groups is 1. The average Bonchev–Trinajstić information content (AvgIpc) is 2.40. The third-order valence-electron chi connectivity index (χ3n) is 3.94. The molecule has 0 aromatic heterocycles. The zero-order valence-electron chi connectivity index (χ0n) is 12.5. The van der Waals surface area contributed by atoms with Crippen LogP contribution in [0.25, 0.3) is 0 Å². The Morgan fingerprint density at radius 1 is 1.43 bits per heavy atom. The van der Waals surface area contributed by atoms with Gasteiger partial charge in [0, 0.05) is 32.3 Å². The highest BCUT2D eigenvalue weighted by atomic mass is 16.6. The fourth-order valence-electron chi connectivity index (χ4n) is 2.42. The number of anilines is 1. The Morgan fingerprint density at radius 2 is 2.14 bits per heavy atom. The molecule has 1 aliphatic rings. The number of nitro groups is 1. The van der Waals surface area contributed by atoms with Crippen molar-refractivity contribution in [2.75, 3.05) is 26.0 Å². The van der Waals surface area contributed by atoms with Gasteiger partial charge in [0.25, 0.3) is 11.6 Å². The zero-order chi connectivity index (χ0) is 15.4. The van der Waals surface area contributed by atoms with Crippen LogP contribution in [0.3, 0.4) is 0 Å². The number of amides is 1. The summed E-state index contributed by atoms with van der Waals surface area (Å²) in [5.74, 6) is 0.579. The maximum atomic E-state index is 11.9. The van der Waals surface area contributed by atoms with E-state index in [1.807, 2.05) is 0 Å². The fourth-order valence-corrected chi connectivity index (χ4v) is 2.42. The van der Waals surface area contributed by atoms with Gasteiger partial charge in [0.2, 0.25) is 0 Å². The molecule has 1 fully saturated rings. The molecular formula is C15H21N3O3. The van der Waals surface area contributed by atoms with Crippen LogP contribution < -0.4 is 5.32 Å². The maximum Gasteiger partial charge on any atom is 0.292 e. The van der Waals surface area contributed by atoms with Crippen LogP contribution in [0.5, 0.6) is 0 Å². The monoisotopic (exact) mass is 291 g/mol. The van der Waals surface area contributed by atoms with Crippen molar-refractivity contribution in [2.45, 2.75) is 25.7 Å². The van der Waals surface area contributed by atoms with Gasteiger partial charge in [-0.15, -0.1) is 0 Å². The minimum Gasteiger partial charge on any atom is -0.379 e. The summed E-state index contributed by atoms with van der Waals surface area (Å²) in [4.78, 5) is 24.1. The number of nitrogens with zero attached hydrogens (tertiary/aromatic N) is 2. The number of hydrogen-bond acceptors (Lipinski definition) is 4. The second-order valence-electron chi connectivity index (χ2n) is 5.70. The molecule has 0 heterocycles. The van der Waals surface area contributed by atoms with Crippen LogP contribution in [0.15, 0.2) is 18.2 Å².